The van der Waals surface area contributed by atoms with Crippen molar-refractivity contribution in [2.24, 2.45) is 5.73 Å². The number of rotatable bonds is 39. The molecule has 0 heterocycles. The molecule has 320 valence electrons. The fourth-order valence-electron chi connectivity index (χ4n) is 5.61. The Hall–Kier alpha value is -2.58. The van der Waals surface area contributed by atoms with E-state index in [0.717, 1.165) is 64.2 Å². The highest BCUT2D eigenvalue weighted by Gasteiger charge is 2.26. The molecule has 0 saturated carbocycles. The van der Waals surface area contributed by atoms with Crippen molar-refractivity contribution in [2.45, 2.75) is 174 Å². The summed E-state index contributed by atoms with van der Waals surface area (Å²) in [6, 6.07) is -0.919. The van der Waals surface area contributed by atoms with E-state index in [2.05, 4.69) is 104 Å². The minimum Gasteiger partial charge on any atom is -0.387 e. The second kappa shape index (κ2) is 42.0. The molecule has 1 amide bonds. The number of nitrogens with two attached hydrogens (primary N) is 1. The number of nitrogens with one attached hydrogen (secondary N) is 1. The van der Waals surface area contributed by atoms with Crippen LogP contribution in [-0.4, -0.2) is 47.8 Å². The van der Waals surface area contributed by atoms with Crippen LogP contribution in [0.2, 0.25) is 0 Å². The standard InChI is InChI=1S/C47H81N2O6P/c1-3-5-7-9-11-13-15-17-19-21-22-23-25-26-28-30-32-34-36-38-40-46(50)45(44-55-56(52,53)54-43-42-48)49-47(51)41-39-37-35-33-31-29-27-24-20-18-16-14-12-10-8-6-4-2/h6,8,12,14,18,20,23,25,27,29-30,32-33,35,38,40,45-46,50H,3-5,7,9-11,13,15-17,19,21-22,24,26,28,31,34,36-37,39,41-44,48H2,1-2H3,(H,49,51)(H,52,53)/b8-6-,14-12-,20-18-,25-23+,29-27-,32-30+,35-33-,40-38+. The van der Waals surface area contributed by atoms with E-state index in [0.29, 0.717) is 6.42 Å². The molecule has 0 aromatic carbocycles. The Morgan fingerprint density at radius 2 is 1.05 bits per heavy atom. The number of amides is 1. The normalized spacial score (nSPS) is 15.0. The van der Waals surface area contributed by atoms with Gasteiger partial charge in [-0.15, -0.1) is 0 Å². The number of unbranched alkanes of at least 4 members (excludes halogenated alkanes) is 13. The SMILES string of the molecule is CC/C=C\C/C=C\C/C=C\C/C=C\C/C=C\CCCC(=O)NC(COP(=O)(O)OCCN)C(O)/C=C/CC/C=C/CC/C=C/CCCCCCCCCCCC. The average Bonchev–Trinajstić information content (AvgIpc) is 3.19. The second-order valence-corrected chi connectivity index (χ2v) is 15.6. The lowest BCUT2D eigenvalue weighted by Crippen LogP contribution is -2.45. The monoisotopic (exact) mass is 801 g/mol. The predicted molar refractivity (Wildman–Crippen MR) is 239 cm³/mol. The number of carbonyl (C=O) groups is 1. The van der Waals surface area contributed by atoms with E-state index in [9.17, 15) is 19.4 Å². The fourth-order valence-corrected chi connectivity index (χ4v) is 6.37. The summed E-state index contributed by atoms with van der Waals surface area (Å²) in [6.45, 7) is 3.92. The minimum atomic E-state index is -4.37. The van der Waals surface area contributed by atoms with Gasteiger partial charge in [0.25, 0.3) is 0 Å². The average molecular weight is 801 g/mol. The van der Waals surface area contributed by atoms with Gasteiger partial charge in [0.1, 0.15) is 0 Å². The summed E-state index contributed by atoms with van der Waals surface area (Å²) in [7, 11) is -4.37. The van der Waals surface area contributed by atoms with Crippen LogP contribution in [-0.2, 0) is 18.4 Å². The first-order valence-electron chi connectivity index (χ1n) is 21.9. The van der Waals surface area contributed by atoms with Crippen LogP contribution in [0.5, 0.6) is 0 Å². The summed E-state index contributed by atoms with van der Waals surface area (Å²) in [5.74, 6) is -0.269. The highest BCUT2D eigenvalue weighted by Crippen LogP contribution is 2.43. The van der Waals surface area contributed by atoms with Crippen LogP contribution in [0.1, 0.15) is 162 Å². The Morgan fingerprint density at radius 3 is 1.59 bits per heavy atom. The molecular weight excluding hydrogens is 719 g/mol. The third kappa shape index (κ3) is 39.6. The van der Waals surface area contributed by atoms with Gasteiger partial charge in [-0.3, -0.25) is 13.8 Å². The number of carbonyl (C=O) groups excluding carboxylic acids is 1. The summed E-state index contributed by atoms with van der Waals surface area (Å²) >= 11 is 0. The number of aliphatic hydroxyl groups is 1. The van der Waals surface area contributed by atoms with Gasteiger partial charge >= 0.3 is 7.82 Å². The third-order valence-corrected chi connectivity index (χ3v) is 9.86. The lowest BCUT2D eigenvalue weighted by atomic mass is 10.1. The Kier molecular flexibility index (Phi) is 40.1. The molecule has 0 aliphatic heterocycles. The maximum Gasteiger partial charge on any atom is 0.472 e. The highest BCUT2D eigenvalue weighted by atomic mass is 31.2. The third-order valence-electron chi connectivity index (χ3n) is 8.87. The van der Waals surface area contributed by atoms with E-state index in [1.165, 1.54) is 70.6 Å². The van der Waals surface area contributed by atoms with Gasteiger partial charge in [0.05, 0.1) is 25.4 Å². The molecule has 9 heteroatoms. The predicted octanol–water partition coefficient (Wildman–Crippen LogP) is 12.4. The number of hydrogen-bond donors (Lipinski definition) is 4. The van der Waals surface area contributed by atoms with Crippen LogP contribution < -0.4 is 11.1 Å². The van der Waals surface area contributed by atoms with Crippen LogP contribution in [0.4, 0.5) is 0 Å². The zero-order valence-electron chi connectivity index (χ0n) is 35.3. The first kappa shape index (κ1) is 53.4. The summed E-state index contributed by atoms with van der Waals surface area (Å²) in [5.41, 5.74) is 5.36. The van der Waals surface area contributed by atoms with Gasteiger partial charge in [0, 0.05) is 13.0 Å². The molecule has 0 bridgehead atoms. The van der Waals surface area contributed by atoms with Crippen molar-refractivity contribution in [3.8, 4) is 0 Å². The summed E-state index contributed by atoms with van der Waals surface area (Å²) in [6.07, 6.45) is 57.6. The maximum absolute atomic E-state index is 12.7. The van der Waals surface area contributed by atoms with E-state index < -0.39 is 26.6 Å². The molecule has 0 aliphatic rings. The summed E-state index contributed by atoms with van der Waals surface area (Å²) in [5, 5.41) is 13.6. The van der Waals surface area contributed by atoms with Gasteiger partial charge in [-0.2, -0.15) is 0 Å². The molecule has 0 fully saturated rings. The van der Waals surface area contributed by atoms with Crippen molar-refractivity contribution in [3.63, 3.8) is 0 Å². The van der Waals surface area contributed by atoms with Crippen molar-refractivity contribution >= 4 is 13.7 Å². The minimum absolute atomic E-state index is 0.0575. The quantitative estimate of drug-likeness (QED) is 0.0276. The maximum atomic E-state index is 12.7. The Bertz CT molecular complexity index is 1190. The Morgan fingerprint density at radius 1 is 0.607 bits per heavy atom. The van der Waals surface area contributed by atoms with Gasteiger partial charge < -0.3 is 21.1 Å². The van der Waals surface area contributed by atoms with Crippen LogP contribution in [0, 0.1) is 0 Å². The molecule has 0 saturated heterocycles. The molecule has 0 aromatic rings. The second-order valence-electron chi connectivity index (χ2n) is 14.1. The van der Waals surface area contributed by atoms with Crippen molar-refractivity contribution in [1.82, 2.24) is 5.32 Å². The molecule has 5 N–H and O–H groups in total. The molecule has 0 aliphatic carbocycles. The Labute approximate surface area is 342 Å². The molecule has 0 radical (unpaired) electrons. The van der Waals surface area contributed by atoms with Crippen LogP contribution in [0.15, 0.2) is 97.2 Å². The largest absolute Gasteiger partial charge is 0.472 e. The zero-order chi connectivity index (χ0) is 41.1. The van der Waals surface area contributed by atoms with Crippen molar-refractivity contribution in [1.29, 1.82) is 0 Å². The van der Waals surface area contributed by atoms with Gasteiger partial charge in [0.15, 0.2) is 0 Å². The van der Waals surface area contributed by atoms with Crippen LogP contribution >= 0.6 is 7.82 Å². The molecular formula is C47H81N2O6P. The van der Waals surface area contributed by atoms with E-state index >= 15 is 0 Å². The molecule has 0 aromatic heterocycles. The lowest BCUT2D eigenvalue weighted by molar-refractivity contribution is -0.122. The number of phosphoric acid groups is 1. The summed E-state index contributed by atoms with van der Waals surface area (Å²) < 4.78 is 22.1. The molecule has 3 unspecified atom stereocenters. The highest BCUT2D eigenvalue weighted by molar-refractivity contribution is 7.47. The van der Waals surface area contributed by atoms with E-state index in [1.807, 2.05) is 6.08 Å². The molecule has 8 nitrogen and oxygen atoms in total. The molecule has 56 heavy (non-hydrogen) atoms. The smallest absolute Gasteiger partial charge is 0.387 e. The van der Waals surface area contributed by atoms with Gasteiger partial charge in [0.2, 0.25) is 5.91 Å². The van der Waals surface area contributed by atoms with E-state index in [-0.39, 0.29) is 25.5 Å². The van der Waals surface area contributed by atoms with E-state index in [4.69, 9.17) is 14.8 Å². The van der Waals surface area contributed by atoms with Crippen molar-refractivity contribution < 1.29 is 28.4 Å². The van der Waals surface area contributed by atoms with Crippen LogP contribution in [0.3, 0.4) is 0 Å². The van der Waals surface area contributed by atoms with Gasteiger partial charge in [-0.1, -0.05) is 169 Å². The van der Waals surface area contributed by atoms with Crippen LogP contribution in [0.25, 0.3) is 0 Å². The topological polar surface area (TPSA) is 131 Å². The number of allylic oxidation sites excluding steroid dienone is 15. The van der Waals surface area contributed by atoms with E-state index in [1.54, 1.807) is 6.08 Å². The van der Waals surface area contributed by atoms with Crippen molar-refractivity contribution in [3.05, 3.63) is 97.2 Å². The van der Waals surface area contributed by atoms with Gasteiger partial charge in [-0.25, -0.2) is 4.57 Å². The number of hydrogen-bond acceptors (Lipinski definition) is 6. The van der Waals surface area contributed by atoms with Gasteiger partial charge in [-0.05, 0) is 83.5 Å². The number of phosphoric ester groups is 1. The lowest BCUT2D eigenvalue weighted by Gasteiger charge is -2.23. The first-order valence-corrected chi connectivity index (χ1v) is 23.4. The fraction of sp³-hybridized carbons (Fsp3) is 0.638. The Balaban J connectivity index is 4.42. The first-order chi connectivity index (χ1) is 27.4. The number of aliphatic hydroxyl groups excluding tert-OH is 1. The summed E-state index contributed by atoms with van der Waals surface area (Å²) in [4.78, 5) is 22.7. The molecule has 0 rings (SSSR count). The molecule has 0 spiro atoms. The zero-order valence-corrected chi connectivity index (χ0v) is 36.2. The molecule has 3 atom stereocenters. The van der Waals surface area contributed by atoms with Crippen molar-refractivity contribution in [2.75, 3.05) is 19.8 Å².